The van der Waals surface area contributed by atoms with Gasteiger partial charge in [0.25, 0.3) is 0 Å². The highest BCUT2D eigenvalue weighted by Crippen LogP contribution is 2.18. The standard InChI is InChI=1S/C11H13BrN4/c1-7-3-14-10(8(2)11(7)13)6-16-5-9(12)4-15-16/h3-5H,6H2,1-2H3,(H2,13,14). The molecule has 0 saturated heterocycles. The minimum Gasteiger partial charge on any atom is -0.398 e. The lowest BCUT2D eigenvalue weighted by molar-refractivity contribution is 0.669. The van der Waals surface area contributed by atoms with Crippen LogP contribution in [0, 0.1) is 13.8 Å². The molecule has 0 unspecified atom stereocenters. The van der Waals surface area contributed by atoms with Crippen molar-refractivity contribution in [1.82, 2.24) is 14.8 Å². The Morgan fingerprint density at radius 1 is 1.38 bits per heavy atom. The van der Waals surface area contributed by atoms with Gasteiger partial charge >= 0.3 is 0 Å². The molecule has 0 aliphatic heterocycles. The number of halogens is 1. The van der Waals surface area contributed by atoms with Crippen molar-refractivity contribution < 1.29 is 0 Å². The van der Waals surface area contributed by atoms with Crippen molar-refractivity contribution in [2.24, 2.45) is 0 Å². The number of nitrogens with two attached hydrogens (primary N) is 1. The molecule has 84 valence electrons. The minimum absolute atomic E-state index is 0.641. The zero-order valence-electron chi connectivity index (χ0n) is 9.24. The van der Waals surface area contributed by atoms with Gasteiger partial charge in [0.15, 0.2) is 0 Å². The Bertz CT molecular complexity index is 519. The molecule has 0 atom stereocenters. The topological polar surface area (TPSA) is 56.7 Å². The van der Waals surface area contributed by atoms with E-state index < -0.39 is 0 Å². The quantitative estimate of drug-likeness (QED) is 0.918. The van der Waals surface area contributed by atoms with Crippen LogP contribution in [0.15, 0.2) is 23.1 Å². The van der Waals surface area contributed by atoms with E-state index in [9.17, 15) is 0 Å². The lowest BCUT2D eigenvalue weighted by Crippen LogP contribution is -2.07. The van der Waals surface area contributed by atoms with Gasteiger partial charge in [0.2, 0.25) is 0 Å². The van der Waals surface area contributed by atoms with Crippen molar-refractivity contribution in [2.45, 2.75) is 20.4 Å². The number of hydrogen-bond donors (Lipinski definition) is 1. The lowest BCUT2D eigenvalue weighted by atomic mass is 10.1. The van der Waals surface area contributed by atoms with Crippen LogP contribution in [0.25, 0.3) is 0 Å². The molecule has 0 bridgehead atoms. The van der Waals surface area contributed by atoms with Crippen LogP contribution < -0.4 is 5.73 Å². The maximum absolute atomic E-state index is 5.96. The number of nitrogens with zero attached hydrogens (tertiary/aromatic N) is 3. The zero-order chi connectivity index (χ0) is 11.7. The summed E-state index contributed by atoms with van der Waals surface area (Å²) in [5.74, 6) is 0. The van der Waals surface area contributed by atoms with Gasteiger partial charge < -0.3 is 5.73 Å². The molecule has 2 aromatic rings. The van der Waals surface area contributed by atoms with E-state index >= 15 is 0 Å². The van der Waals surface area contributed by atoms with Crippen LogP contribution in [0.4, 0.5) is 5.69 Å². The van der Waals surface area contributed by atoms with E-state index in [-0.39, 0.29) is 0 Å². The zero-order valence-corrected chi connectivity index (χ0v) is 10.8. The van der Waals surface area contributed by atoms with Gasteiger partial charge in [0.1, 0.15) is 0 Å². The SMILES string of the molecule is Cc1cnc(Cn2cc(Br)cn2)c(C)c1N. The average molecular weight is 281 g/mol. The van der Waals surface area contributed by atoms with Gasteiger partial charge in [-0.05, 0) is 40.9 Å². The predicted octanol–water partition coefficient (Wildman–Crippen LogP) is 2.29. The summed E-state index contributed by atoms with van der Waals surface area (Å²) in [6.07, 6.45) is 5.47. The summed E-state index contributed by atoms with van der Waals surface area (Å²) in [6.45, 7) is 4.59. The number of aryl methyl sites for hydroxylation is 1. The van der Waals surface area contributed by atoms with E-state index in [0.717, 1.165) is 27.0 Å². The highest BCUT2D eigenvalue weighted by atomic mass is 79.9. The molecule has 2 aromatic heterocycles. The first-order valence-electron chi connectivity index (χ1n) is 4.96. The second-order valence-corrected chi connectivity index (χ2v) is 4.70. The Balaban J connectivity index is 2.32. The third-order valence-corrected chi connectivity index (χ3v) is 3.00. The van der Waals surface area contributed by atoms with E-state index in [4.69, 9.17) is 5.73 Å². The monoisotopic (exact) mass is 280 g/mol. The van der Waals surface area contributed by atoms with Crippen molar-refractivity contribution >= 4 is 21.6 Å². The Kier molecular flexibility index (Phi) is 2.96. The molecule has 0 saturated carbocycles. The normalized spacial score (nSPS) is 10.7. The van der Waals surface area contributed by atoms with E-state index in [0.29, 0.717) is 6.54 Å². The molecular weight excluding hydrogens is 268 g/mol. The van der Waals surface area contributed by atoms with Gasteiger partial charge in [-0.25, -0.2) is 0 Å². The molecule has 0 aromatic carbocycles. The number of rotatable bonds is 2. The fourth-order valence-electron chi connectivity index (χ4n) is 1.53. The second kappa shape index (κ2) is 4.25. The molecule has 0 amide bonds. The van der Waals surface area contributed by atoms with Crippen LogP contribution >= 0.6 is 15.9 Å². The molecule has 0 aliphatic carbocycles. The molecule has 5 heteroatoms. The summed E-state index contributed by atoms with van der Waals surface area (Å²) in [5.41, 5.74) is 9.79. The molecule has 2 heterocycles. The van der Waals surface area contributed by atoms with Crippen molar-refractivity contribution in [2.75, 3.05) is 5.73 Å². The lowest BCUT2D eigenvalue weighted by Gasteiger charge is -2.09. The molecule has 4 nitrogen and oxygen atoms in total. The van der Waals surface area contributed by atoms with Gasteiger partial charge in [0.05, 0.1) is 22.9 Å². The van der Waals surface area contributed by atoms with Crippen LogP contribution in [-0.4, -0.2) is 14.8 Å². The highest BCUT2D eigenvalue weighted by molar-refractivity contribution is 9.10. The molecular formula is C11H13BrN4. The molecule has 0 aliphatic rings. The molecule has 16 heavy (non-hydrogen) atoms. The van der Waals surface area contributed by atoms with Crippen LogP contribution in [0.1, 0.15) is 16.8 Å². The predicted molar refractivity (Wildman–Crippen MR) is 67.2 cm³/mol. The number of nitrogen functional groups attached to an aromatic ring is 1. The van der Waals surface area contributed by atoms with Crippen molar-refractivity contribution in [3.05, 3.63) is 39.9 Å². The largest absolute Gasteiger partial charge is 0.398 e. The maximum Gasteiger partial charge on any atom is 0.0835 e. The number of aromatic nitrogens is 3. The summed E-state index contributed by atoms with van der Waals surface area (Å²) in [7, 11) is 0. The van der Waals surface area contributed by atoms with Gasteiger partial charge in [-0.2, -0.15) is 5.10 Å². The molecule has 2 rings (SSSR count). The summed E-state index contributed by atoms with van der Waals surface area (Å²) in [4.78, 5) is 4.39. The van der Waals surface area contributed by atoms with Gasteiger partial charge in [0, 0.05) is 18.1 Å². The van der Waals surface area contributed by atoms with Crippen molar-refractivity contribution in [1.29, 1.82) is 0 Å². The maximum atomic E-state index is 5.96. The number of hydrogen-bond acceptors (Lipinski definition) is 3. The Morgan fingerprint density at radius 2 is 2.12 bits per heavy atom. The number of pyridine rings is 1. The highest BCUT2D eigenvalue weighted by Gasteiger charge is 2.07. The Labute approximate surface area is 103 Å². The van der Waals surface area contributed by atoms with Crippen LogP contribution in [0.5, 0.6) is 0 Å². The summed E-state index contributed by atoms with van der Waals surface area (Å²) < 4.78 is 2.79. The first-order chi connectivity index (χ1) is 7.58. The van der Waals surface area contributed by atoms with E-state index in [1.807, 2.05) is 24.7 Å². The second-order valence-electron chi connectivity index (χ2n) is 3.78. The number of anilines is 1. The Morgan fingerprint density at radius 3 is 2.75 bits per heavy atom. The van der Waals surface area contributed by atoms with Gasteiger partial charge in [-0.1, -0.05) is 0 Å². The fourth-order valence-corrected chi connectivity index (χ4v) is 1.86. The Hall–Kier alpha value is -1.36. The fraction of sp³-hybridized carbons (Fsp3) is 0.273. The third-order valence-electron chi connectivity index (χ3n) is 2.59. The summed E-state index contributed by atoms with van der Waals surface area (Å²) in [5, 5.41) is 4.19. The van der Waals surface area contributed by atoms with Crippen LogP contribution in [0.2, 0.25) is 0 Å². The average Bonchev–Trinajstić information content (AvgIpc) is 2.65. The first kappa shape index (κ1) is 11.1. The molecule has 0 spiro atoms. The summed E-state index contributed by atoms with van der Waals surface area (Å²) >= 11 is 3.36. The van der Waals surface area contributed by atoms with Crippen molar-refractivity contribution in [3.8, 4) is 0 Å². The van der Waals surface area contributed by atoms with E-state index in [2.05, 4.69) is 26.0 Å². The third kappa shape index (κ3) is 2.09. The van der Waals surface area contributed by atoms with Gasteiger partial charge in [-0.15, -0.1) is 0 Å². The van der Waals surface area contributed by atoms with E-state index in [1.165, 1.54) is 0 Å². The van der Waals surface area contributed by atoms with Crippen molar-refractivity contribution in [3.63, 3.8) is 0 Å². The van der Waals surface area contributed by atoms with Crippen LogP contribution in [0.3, 0.4) is 0 Å². The smallest absolute Gasteiger partial charge is 0.0835 e. The molecule has 2 N–H and O–H groups in total. The summed E-state index contributed by atoms with van der Waals surface area (Å²) in [6, 6.07) is 0. The van der Waals surface area contributed by atoms with Gasteiger partial charge in [-0.3, -0.25) is 9.67 Å². The first-order valence-corrected chi connectivity index (χ1v) is 5.75. The molecule has 0 radical (unpaired) electrons. The van der Waals surface area contributed by atoms with E-state index in [1.54, 1.807) is 12.4 Å². The van der Waals surface area contributed by atoms with Crippen LogP contribution in [-0.2, 0) is 6.54 Å². The minimum atomic E-state index is 0.641. The molecule has 0 fully saturated rings.